The van der Waals surface area contributed by atoms with Gasteiger partial charge in [0.05, 0.1) is 5.92 Å². The highest BCUT2D eigenvalue weighted by molar-refractivity contribution is 5.85. The third kappa shape index (κ3) is 3.32. The average Bonchev–Trinajstić information content (AvgIpc) is 2.48. The molecule has 2 aliphatic carbocycles. The number of carbonyl (C=O) groups excluding carboxylic acids is 1. The number of amides is 1. The lowest BCUT2D eigenvalue weighted by Crippen LogP contribution is -2.53. The molecular formula is C15H25NO4. The van der Waals surface area contributed by atoms with Crippen molar-refractivity contribution in [3.8, 4) is 0 Å². The molecule has 0 bridgehead atoms. The molecule has 0 aromatic carbocycles. The molecule has 0 aliphatic heterocycles. The molecule has 5 nitrogen and oxygen atoms in total. The first-order valence-corrected chi connectivity index (χ1v) is 7.66. The molecule has 0 saturated heterocycles. The minimum absolute atomic E-state index is 0.00141. The van der Waals surface area contributed by atoms with E-state index >= 15 is 0 Å². The summed E-state index contributed by atoms with van der Waals surface area (Å²) >= 11 is 0. The zero-order valence-corrected chi connectivity index (χ0v) is 12.2. The van der Waals surface area contributed by atoms with Gasteiger partial charge in [0.25, 0.3) is 5.91 Å². The van der Waals surface area contributed by atoms with Gasteiger partial charge in [-0.2, -0.15) is 0 Å². The Kier molecular flexibility index (Phi) is 5.02. The molecule has 1 amide bonds. The van der Waals surface area contributed by atoms with Gasteiger partial charge in [-0.3, -0.25) is 9.59 Å². The molecular weight excluding hydrogens is 258 g/mol. The second-order valence-corrected chi connectivity index (χ2v) is 6.12. The number of methoxy groups -OCH3 is 1. The number of ether oxygens (including phenoxy) is 1. The minimum atomic E-state index is -0.713. The number of hydrogen-bond donors (Lipinski definition) is 2. The van der Waals surface area contributed by atoms with E-state index in [9.17, 15) is 9.59 Å². The molecule has 2 rings (SSSR count). The highest BCUT2D eigenvalue weighted by Gasteiger charge is 2.40. The van der Waals surface area contributed by atoms with Crippen molar-refractivity contribution in [3.05, 3.63) is 0 Å². The highest BCUT2D eigenvalue weighted by atomic mass is 16.5. The van der Waals surface area contributed by atoms with Crippen molar-refractivity contribution in [2.75, 3.05) is 7.11 Å². The number of aliphatic carboxylic acids is 1. The molecule has 5 heteroatoms. The van der Waals surface area contributed by atoms with Gasteiger partial charge >= 0.3 is 5.97 Å². The molecule has 0 aromatic heterocycles. The first-order chi connectivity index (χ1) is 9.57. The lowest BCUT2D eigenvalue weighted by Gasteiger charge is -2.36. The van der Waals surface area contributed by atoms with E-state index in [2.05, 4.69) is 5.32 Å². The van der Waals surface area contributed by atoms with Gasteiger partial charge in [-0.25, -0.2) is 0 Å². The summed E-state index contributed by atoms with van der Waals surface area (Å²) in [5.74, 6) is -0.955. The largest absolute Gasteiger partial charge is 0.481 e. The standard InChI is InChI=1S/C15H25NO4/c1-20-15(9-3-2-4-10-15)14(19)16-12-7-5-11(6-8-12)13(17)18/h11-12H,2-10H2,1H3,(H,16,19)(H,17,18). The quantitative estimate of drug-likeness (QED) is 0.828. The van der Waals surface area contributed by atoms with Gasteiger partial charge in [0, 0.05) is 13.2 Å². The minimum Gasteiger partial charge on any atom is -0.481 e. The van der Waals surface area contributed by atoms with Gasteiger partial charge < -0.3 is 15.2 Å². The van der Waals surface area contributed by atoms with E-state index < -0.39 is 11.6 Å². The van der Waals surface area contributed by atoms with Crippen LogP contribution in [-0.4, -0.2) is 35.7 Å². The van der Waals surface area contributed by atoms with Crippen molar-refractivity contribution < 1.29 is 19.4 Å². The van der Waals surface area contributed by atoms with Crippen molar-refractivity contribution >= 4 is 11.9 Å². The Morgan fingerprint density at radius 1 is 1.10 bits per heavy atom. The highest BCUT2D eigenvalue weighted by Crippen LogP contribution is 2.32. The van der Waals surface area contributed by atoms with Crippen LogP contribution in [-0.2, 0) is 14.3 Å². The molecule has 0 unspecified atom stereocenters. The van der Waals surface area contributed by atoms with Crippen LogP contribution < -0.4 is 5.32 Å². The van der Waals surface area contributed by atoms with Crippen LogP contribution in [0.3, 0.4) is 0 Å². The number of carboxylic acids is 1. The number of carboxylic acid groups (broad SMARTS) is 1. The molecule has 20 heavy (non-hydrogen) atoms. The van der Waals surface area contributed by atoms with Gasteiger partial charge in [-0.05, 0) is 38.5 Å². The van der Waals surface area contributed by atoms with Gasteiger partial charge in [-0.1, -0.05) is 19.3 Å². The number of nitrogens with one attached hydrogen (secondary N) is 1. The van der Waals surface area contributed by atoms with E-state index in [1.165, 1.54) is 6.42 Å². The maximum atomic E-state index is 12.5. The third-order valence-corrected chi connectivity index (χ3v) is 4.88. The first kappa shape index (κ1) is 15.3. The Bertz CT molecular complexity index is 355. The van der Waals surface area contributed by atoms with Crippen LogP contribution in [0.1, 0.15) is 57.8 Å². The van der Waals surface area contributed by atoms with Crippen molar-refractivity contribution in [2.24, 2.45) is 5.92 Å². The normalized spacial score (nSPS) is 29.6. The average molecular weight is 283 g/mol. The molecule has 0 aromatic rings. The van der Waals surface area contributed by atoms with Crippen LogP contribution >= 0.6 is 0 Å². The topological polar surface area (TPSA) is 75.6 Å². The number of rotatable bonds is 4. The van der Waals surface area contributed by atoms with Crippen LogP contribution in [0.5, 0.6) is 0 Å². The monoisotopic (exact) mass is 283 g/mol. The molecule has 0 atom stereocenters. The fourth-order valence-electron chi connectivity index (χ4n) is 3.45. The van der Waals surface area contributed by atoms with Gasteiger partial charge in [0.2, 0.25) is 0 Å². The first-order valence-electron chi connectivity index (χ1n) is 7.66. The fourth-order valence-corrected chi connectivity index (χ4v) is 3.45. The molecule has 2 N–H and O–H groups in total. The predicted molar refractivity (Wildman–Crippen MR) is 74.3 cm³/mol. The third-order valence-electron chi connectivity index (χ3n) is 4.88. The number of carbonyl (C=O) groups is 2. The lowest BCUT2D eigenvalue weighted by molar-refractivity contribution is -0.148. The Balaban J connectivity index is 1.86. The second kappa shape index (κ2) is 6.57. The summed E-state index contributed by atoms with van der Waals surface area (Å²) < 4.78 is 5.54. The Hall–Kier alpha value is -1.10. The Labute approximate surface area is 120 Å². The second-order valence-electron chi connectivity index (χ2n) is 6.12. The maximum absolute atomic E-state index is 12.5. The maximum Gasteiger partial charge on any atom is 0.306 e. The van der Waals surface area contributed by atoms with E-state index in [-0.39, 0.29) is 17.9 Å². The summed E-state index contributed by atoms with van der Waals surface area (Å²) in [6.07, 6.45) is 7.63. The van der Waals surface area contributed by atoms with E-state index in [0.717, 1.165) is 38.5 Å². The van der Waals surface area contributed by atoms with Crippen molar-refractivity contribution in [3.63, 3.8) is 0 Å². The number of hydrogen-bond acceptors (Lipinski definition) is 3. The van der Waals surface area contributed by atoms with Gasteiger partial charge in [-0.15, -0.1) is 0 Å². The van der Waals surface area contributed by atoms with Gasteiger partial charge in [0.1, 0.15) is 5.60 Å². The molecule has 0 heterocycles. The molecule has 114 valence electrons. The van der Waals surface area contributed by atoms with E-state index in [1.54, 1.807) is 7.11 Å². The molecule has 0 spiro atoms. The smallest absolute Gasteiger partial charge is 0.306 e. The van der Waals surface area contributed by atoms with E-state index in [0.29, 0.717) is 12.8 Å². The predicted octanol–water partition coefficient (Wildman–Crippen LogP) is 2.10. The SMILES string of the molecule is COC1(C(=O)NC2CCC(C(=O)O)CC2)CCCCC1. The molecule has 2 saturated carbocycles. The van der Waals surface area contributed by atoms with Crippen LogP contribution in [0.4, 0.5) is 0 Å². The zero-order valence-electron chi connectivity index (χ0n) is 12.2. The Morgan fingerprint density at radius 3 is 2.20 bits per heavy atom. The summed E-state index contributed by atoms with van der Waals surface area (Å²) in [7, 11) is 1.62. The summed E-state index contributed by atoms with van der Waals surface area (Å²) in [5.41, 5.74) is -0.651. The van der Waals surface area contributed by atoms with E-state index in [4.69, 9.17) is 9.84 Å². The van der Waals surface area contributed by atoms with Crippen LogP contribution in [0, 0.1) is 5.92 Å². The summed E-state index contributed by atoms with van der Waals surface area (Å²) in [6, 6.07) is 0.104. The molecule has 2 aliphatic rings. The molecule has 0 radical (unpaired) electrons. The summed E-state index contributed by atoms with van der Waals surface area (Å²) in [5, 5.41) is 12.1. The zero-order chi connectivity index (χ0) is 14.6. The summed E-state index contributed by atoms with van der Waals surface area (Å²) in [4.78, 5) is 23.4. The van der Waals surface area contributed by atoms with E-state index in [1.807, 2.05) is 0 Å². The Morgan fingerprint density at radius 2 is 1.70 bits per heavy atom. The van der Waals surface area contributed by atoms with Crippen LogP contribution in [0.15, 0.2) is 0 Å². The summed E-state index contributed by atoms with van der Waals surface area (Å²) in [6.45, 7) is 0. The lowest BCUT2D eigenvalue weighted by atomic mass is 9.82. The van der Waals surface area contributed by atoms with Crippen LogP contribution in [0.2, 0.25) is 0 Å². The van der Waals surface area contributed by atoms with Crippen LogP contribution in [0.25, 0.3) is 0 Å². The van der Waals surface area contributed by atoms with Crippen molar-refractivity contribution in [1.82, 2.24) is 5.32 Å². The molecule has 2 fully saturated rings. The fraction of sp³-hybridized carbons (Fsp3) is 0.867. The van der Waals surface area contributed by atoms with Gasteiger partial charge in [0.15, 0.2) is 0 Å². The van der Waals surface area contributed by atoms with Crippen molar-refractivity contribution in [2.45, 2.75) is 69.4 Å². The van der Waals surface area contributed by atoms with Crippen molar-refractivity contribution in [1.29, 1.82) is 0 Å².